The SMILES string of the molecule is CCNC(=NCC1(SC)CCOCC1)N(C)Cc1cccc(F)c1. The maximum absolute atomic E-state index is 13.4. The summed E-state index contributed by atoms with van der Waals surface area (Å²) in [6.07, 6.45) is 4.22. The van der Waals surface area contributed by atoms with Gasteiger partial charge in [-0.05, 0) is 43.7 Å². The van der Waals surface area contributed by atoms with Crippen molar-refractivity contribution in [3.8, 4) is 0 Å². The molecule has 1 fully saturated rings. The van der Waals surface area contributed by atoms with E-state index in [0.717, 1.165) is 50.7 Å². The van der Waals surface area contributed by atoms with Crippen molar-refractivity contribution < 1.29 is 9.13 Å². The summed E-state index contributed by atoms with van der Waals surface area (Å²) in [7, 11) is 1.99. The predicted molar refractivity (Wildman–Crippen MR) is 100 cm³/mol. The Balaban J connectivity index is 2.06. The zero-order valence-corrected chi connectivity index (χ0v) is 15.7. The highest BCUT2D eigenvalue weighted by molar-refractivity contribution is 8.00. The number of halogens is 1. The maximum atomic E-state index is 13.4. The van der Waals surface area contributed by atoms with E-state index in [1.165, 1.54) is 6.07 Å². The van der Waals surface area contributed by atoms with Crippen molar-refractivity contribution in [2.75, 3.05) is 39.6 Å². The van der Waals surface area contributed by atoms with Gasteiger partial charge in [-0.1, -0.05) is 12.1 Å². The van der Waals surface area contributed by atoms with Gasteiger partial charge in [0, 0.05) is 38.1 Å². The van der Waals surface area contributed by atoms with Crippen LogP contribution in [0.15, 0.2) is 29.3 Å². The van der Waals surface area contributed by atoms with Gasteiger partial charge in [-0.15, -0.1) is 0 Å². The number of hydrogen-bond acceptors (Lipinski definition) is 3. The van der Waals surface area contributed by atoms with E-state index in [1.807, 2.05) is 29.8 Å². The summed E-state index contributed by atoms with van der Waals surface area (Å²) in [6.45, 7) is 5.89. The molecule has 0 aliphatic carbocycles. The van der Waals surface area contributed by atoms with E-state index < -0.39 is 0 Å². The average molecular weight is 354 g/mol. The zero-order chi connectivity index (χ0) is 17.4. The molecule has 4 nitrogen and oxygen atoms in total. The van der Waals surface area contributed by atoms with Crippen LogP contribution in [0.25, 0.3) is 0 Å². The Labute approximate surface area is 148 Å². The standard InChI is InChI=1S/C18H28FN3OS/c1-4-20-17(21-14-18(24-3)8-10-23-11-9-18)22(2)13-15-6-5-7-16(19)12-15/h5-7,12H,4,8-11,13-14H2,1-3H3,(H,20,21). The molecular weight excluding hydrogens is 325 g/mol. The van der Waals surface area contributed by atoms with Crippen LogP contribution in [0.3, 0.4) is 0 Å². The number of nitrogens with one attached hydrogen (secondary N) is 1. The quantitative estimate of drug-likeness (QED) is 0.630. The van der Waals surface area contributed by atoms with Crippen LogP contribution in [-0.4, -0.2) is 55.2 Å². The molecule has 0 radical (unpaired) electrons. The third-order valence-corrected chi connectivity index (χ3v) is 5.76. The fourth-order valence-electron chi connectivity index (χ4n) is 2.84. The molecule has 1 N–H and O–H groups in total. The number of hydrogen-bond donors (Lipinski definition) is 1. The van der Waals surface area contributed by atoms with Gasteiger partial charge in [0.15, 0.2) is 5.96 Å². The summed E-state index contributed by atoms with van der Waals surface area (Å²) in [6, 6.07) is 6.72. The largest absolute Gasteiger partial charge is 0.381 e. The van der Waals surface area contributed by atoms with Crippen LogP contribution in [-0.2, 0) is 11.3 Å². The maximum Gasteiger partial charge on any atom is 0.194 e. The monoisotopic (exact) mass is 353 g/mol. The molecule has 0 unspecified atom stereocenters. The van der Waals surface area contributed by atoms with E-state index in [9.17, 15) is 4.39 Å². The second-order valence-corrected chi connectivity index (χ2v) is 7.43. The van der Waals surface area contributed by atoms with Crippen LogP contribution in [0.1, 0.15) is 25.3 Å². The van der Waals surface area contributed by atoms with Crippen molar-refractivity contribution >= 4 is 17.7 Å². The molecule has 24 heavy (non-hydrogen) atoms. The Morgan fingerprint density at radius 2 is 2.17 bits per heavy atom. The molecule has 1 saturated heterocycles. The number of thioether (sulfide) groups is 1. The van der Waals surface area contributed by atoms with Crippen LogP contribution < -0.4 is 5.32 Å². The molecule has 0 bridgehead atoms. The summed E-state index contributed by atoms with van der Waals surface area (Å²) >= 11 is 1.89. The van der Waals surface area contributed by atoms with Crippen LogP contribution >= 0.6 is 11.8 Å². The van der Waals surface area contributed by atoms with E-state index >= 15 is 0 Å². The lowest BCUT2D eigenvalue weighted by molar-refractivity contribution is 0.0793. The smallest absolute Gasteiger partial charge is 0.194 e. The number of rotatable bonds is 6. The van der Waals surface area contributed by atoms with Crippen molar-refractivity contribution in [1.82, 2.24) is 10.2 Å². The van der Waals surface area contributed by atoms with Crippen molar-refractivity contribution in [3.63, 3.8) is 0 Å². The molecule has 1 heterocycles. The van der Waals surface area contributed by atoms with Gasteiger partial charge in [-0.2, -0.15) is 11.8 Å². The zero-order valence-electron chi connectivity index (χ0n) is 14.8. The summed E-state index contributed by atoms with van der Waals surface area (Å²) in [5, 5.41) is 3.34. The van der Waals surface area contributed by atoms with Crippen LogP contribution in [0.4, 0.5) is 4.39 Å². The van der Waals surface area contributed by atoms with Crippen molar-refractivity contribution in [1.29, 1.82) is 0 Å². The summed E-state index contributed by atoms with van der Waals surface area (Å²) in [5.74, 6) is 0.660. The lowest BCUT2D eigenvalue weighted by Crippen LogP contribution is -2.41. The molecule has 1 aromatic carbocycles. The van der Waals surface area contributed by atoms with Crippen molar-refractivity contribution in [3.05, 3.63) is 35.6 Å². The van der Waals surface area contributed by atoms with E-state index in [0.29, 0.717) is 6.54 Å². The van der Waals surface area contributed by atoms with Crippen LogP contribution in [0.2, 0.25) is 0 Å². The first-order chi connectivity index (χ1) is 11.6. The van der Waals surface area contributed by atoms with E-state index in [1.54, 1.807) is 12.1 Å². The summed E-state index contributed by atoms with van der Waals surface area (Å²) < 4.78 is 19.0. The van der Waals surface area contributed by atoms with Gasteiger partial charge in [0.25, 0.3) is 0 Å². The Bertz CT molecular complexity index is 547. The molecule has 6 heteroatoms. The molecule has 1 aromatic rings. The molecule has 0 amide bonds. The van der Waals surface area contributed by atoms with Crippen LogP contribution in [0.5, 0.6) is 0 Å². The summed E-state index contributed by atoms with van der Waals surface area (Å²) in [5.41, 5.74) is 0.939. The Hall–Kier alpha value is -1.27. The van der Waals surface area contributed by atoms with E-state index in [2.05, 4.69) is 18.5 Å². The van der Waals surface area contributed by atoms with Crippen molar-refractivity contribution in [2.24, 2.45) is 4.99 Å². The number of guanidine groups is 1. The fraction of sp³-hybridized carbons (Fsp3) is 0.611. The van der Waals surface area contributed by atoms with Gasteiger partial charge in [0.1, 0.15) is 5.82 Å². The number of ether oxygens (including phenoxy) is 1. The highest BCUT2D eigenvalue weighted by Gasteiger charge is 2.31. The molecular formula is C18H28FN3OS. The van der Waals surface area contributed by atoms with E-state index in [-0.39, 0.29) is 10.6 Å². The molecule has 1 aliphatic heterocycles. The molecule has 1 aliphatic rings. The van der Waals surface area contributed by atoms with Gasteiger partial charge in [-0.25, -0.2) is 4.39 Å². The lowest BCUT2D eigenvalue weighted by Gasteiger charge is -2.34. The molecule has 0 atom stereocenters. The molecule has 134 valence electrons. The van der Waals surface area contributed by atoms with Gasteiger partial charge in [0.05, 0.1) is 6.54 Å². The molecule has 0 spiro atoms. The lowest BCUT2D eigenvalue weighted by atomic mass is 9.99. The highest BCUT2D eigenvalue weighted by atomic mass is 32.2. The van der Waals surface area contributed by atoms with Crippen molar-refractivity contribution in [2.45, 2.75) is 31.1 Å². The van der Waals surface area contributed by atoms with E-state index in [4.69, 9.17) is 9.73 Å². The fourth-order valence-corrected chi connectivity index (χ4v) is 3.61. The van der Waals surface area contributed by atoms with Gasteiger partial charge in [0.2, 0.25) is 0 Å². The predicted octanol–water partition coefficient (Wildman–Crippen LogP) is 3.14. The second-order valence-electron chi connectivity index (χ2n) is 6.16. The summed E-state index contributed by atoms with van der Waals surface area (Å²) in [4.78, 5) is 6.91. The number of benzene rings is 1. The first-order valence-electron chi connectivity index (χ1n) is 8.45. The Morgan fingerprint density at radius 3 is 2.79 bits per heavy atom. The second kappa shape index (κ2) is 9.28. The molecule has 2 rings (SSSR count). The minimum absolute atomic E-state index is 0.165. The first kappa shape index (κ1) is 19.1. The Kier molecular flexibility index (Phi) is 7.37. The van der Waals surface area contributed by atoms with Gasteiger partial charge in [-0.3, -0.25) is 4.99 Å². The van der Waals surface area contributed by atoms with Crippen LogP contribution in [0, 0.1) is 5.82 Å². The topological polar surface area (TPSA) is 36.9 Å². The minimum atomic E-state index is -0.202. The number of nitrogens with zero attached hydrogens (tertiary/aromatic N) is 2. The molecule has 0 saturated carbocycles. The first-order valence-corrected chi connectivity index (χ1v) is 9.68. The highest BCUT2D eigenvalue weighted by Crippen LogP contribution is 2.34. The third-order valence-electron chi connectivity index (χ3n) is 4.36. The average Bonchev–Trinajstić information content (AvgIpc) is 2.59. The third kappa shape index (κ3) is 5.38. The molecule has 0 aromatic heterocycles. The minimum Gasteiger partial charge on any atom is -0.381 e. The van der Waals surface area contributed by atoms with Gasteiger partial charge >= 0.3 is 0 Å². The normalized spacial score (nSPS) is 17.6. The van der Waals surface area contributed by atoms with Gasteiger partial charge < -0.3 is 15.0 Å². The number of aliphatic imine (C=N–C) groups is 1. The Morgan fingerprint density at radius 1 is 1.42 bits per heavy atom.